The van der Waals surface area contributed by atoms with Gasteiger partial charge in [-0.05, 0) is 47.1 Å². The fourth-order valence-corrected chi connectivity index (χ4v) is 2.06. The molecule has 0 atom stereocenters. The minimum atomic E-state index is -0.330. The zero-order chi connectivity index (χ0) is 14.4. The highest BCUT2D eigenvalue weighted by Gasteiger charge is 2.06. The van der Waals surface area contributed by atoms with Gasteiger partial charge in [-0.25, -0.2) is 4.39 Å². The number of nitrogens with one attached hydrogen (secondary N) is 1. The minimum absolute atomic E-state index is 0.330. The van der Waals surface area contributed by atoms with E-state index < -0.39 is 0 Å². The maximum absolute atomic E-state index is 13.5. The molecule has 0 aliphatic heterocycles. The topological polar surface area (TPSA) is 21.3 Å². The molecule has 0 spiro atoms. The van der Waals surface area contributed by atoms with Crippen LogP contribution < -0.4 is 10.1 Å². The van der Waals surface area contributed by atoms with Crippen molar-refractivity contribution in [1.82, 2.24) is 5.32 Å². The Kier molecular flexibility index (Phi) is 5.56. The first kappa shape index (κ1) is 15.0. The third-order valence-corrected chi connectivity index (χ3v) is 3.48. The molecule has 0 fully saturated rings. The van der Waals surface area contributed by atoms with Crippen LogP contribution in [0.25, 0.3) is 0 Å². The average Bonchev–Trinajstić information content (AvgIpc) is 2.45. The summed E-state index contributed by atoms with van der Waals surface area (Å²) in [5, 5.41) is 3.34. The fraction of sp³-hybridized carbons (Fsp3) is 0.250. The molecule has 0 heterocycles. The number of para-hydroxylation sites is 1. The molecule has 0 aromatic heterocycles. The summed E-state index contributed by atoms with van der Waals surface area (Å²) in [6.07, 6.45) is 1.08. The van der Waals surface area contributed by atoms with Gasteiger partial charge in [0, 0.05) is 18.2 Å². The molecule has 2 rings (SSSR count). The third-order valence-electron chi connectivity index (χ3n) is 2.83. The van der Waals surface area contributed by atoms with E-state index >= 15 is 0 Å². The van der Waals surface area contributed by atoms with Crippen molar-refractivity contribution in [3.63, 3.8) is 0 Å². The molecule has 0 unspecified atom stereocenters. The van der Waals surface area contributed by atoms with Gasteiger partial charge in [-0.15, -0.1) is 0 Å². The molecular weight excluding hydrogens is 321 g/mol. The summed E-state index contributed by atoms with van der Waals surface area (Å²) in [6.45, 7) is 3.82. The van der Waals surface area contributed by atoms with Gasteiger partial charge in [0.05, 0.1) is 4.47 Å². The van der Waals surface area contributed by atoms with Crippen molar-refractivity contribution in [1.29, 1.82) is 0 Å². The lowest BCUT2D eigenvalue weighted by Crippen LogP contribution is -2.14. The molecule has 0 bridgehead atoms. The number of benzene rings is 2. The first-order valence-corrected chi connectivity index (χ1v) is 7.41. The Morgan fingerprint density at radius 2 is 2.00 bits per heavy atom. The van der Waals surface area contributed by atoms with E-state index in [1.165, 1.54) is 6.07 Å². The Morgan fingerprint density at radius 3 is 2.75 bits per heavy atom. The lowest BCUT2D eigenvalue weighted by molar-refractivity contribution is 0.467. The molecule has 2 aromatic carbocycles. The summed E-state index contributed by atoms with van der Waals surface area (Å²) >= 11 is 3.13. The highest BCUT2D eigenvalue weighted by atomic mass is 79.9. The number of halogens is 2. The van der Waals surface area contributed by atoms with Gasteiger partial charge in [0.1, 0.15) is 17.3 Å². The van der Waals surface area contributed by atoms with Crippen LogP contribution in [0.15, 0.2) is 46.9 Å². The van der Waals surface area contributed by atoms with Crippen molar-refractivity contribution < 1.29 is 9.13 Å². The number of hydrogen-bond donors (Lipinski definition) is 1. The zero-order valence-electron chi connectivity index (χ0n) is 11.3. The van der Waals surface area contributed by atoms with Crippen molar-refractivity contribution in [3.8, 4) is 11.5 Å². The molecule has 0 aliphatic carbocycles. The van der Waals surface area contributed by atoms with E-state index in [-0.39, 0.29) is 5.82 Å². The molecule has 1 N–H and O–H groups in total. The third kappa shape index (κ3) is 4.05. The summed E-state index contributed by atoms with van der Waals surface area (Å²) in [5.41, 5.74) is 1.06. The maximum Gasteiger partial charge on any atom is 0.141 e. The molecule has 0 amide bonds. The van der Waals surface area contributed by atoms with E-state index in [1.54, 1.807) is 12.1 Å². The molecule has 0 radical (unpaired) electrons. The Hall–Kier alpha value is -1.39. The molecule has 0 saturated carbocycles. The van der Waals surface area contributed by atoms with E-state index in [0.29, 0.717) is 10.2 Å². The summed E-state index contributed by atoms with van der Waals surface area (Å²) in [4.78, 5) is 0. The first-order chi connectivity index (χ1) is 9.70. The summed E-state index contributed by atoms with van der Waals surface area (Å²) in [7, 11) is 0. The Balaban J connectivity index is 2.13. The van der Waals surface area contributed by atoms with Gasteiger partial charge < -0.3 is 10.1 Å². The Morgan fingerprint density at radius 1 is 1.20 bits per heavy atom. The molecule has 2 nitrogen and oxygen atoms in total. The lowest BCUT2D eigenvalue weighted by atomic mass is 10.2. The number of hydrogen-bond acceptors (Lipinski definition) is 2. The van der Waals surface area contributed by atoms with Gasteiger partial charge in [0.15, 0.2) is 0 Å². The van der Waals surface area contributed by atoms with Crippen LogP contribution in [-0.2, 0) is 6.54 Å². The van der Waals surface area contributed by atoms with Gasteiger partial charge in [-0.3, -0.25) is 0 Å². The van der Waals surface area contributed by atoms with E-state index in [1.807, 2.05) is 24.3 Å². The van der Waals surface area contributed by atoms with Crippen LogP contribution in [0.1, 0.15) is 18.9 Å². The predicted molar refractivity (Wildman–Crippen MR) is 82.6 cm³/mol. The van der Waals surface area contributed by atoms with Gasteiger partial charge in [-0.2, -0.15) is 0 Å². The normalized spacial score (nSPS) is 10.6. The Labute approximate surface area is 127 Å². The second-order valence-corrected chi connectivity index (χ2v) is 5.32. The second-order valence-electron chi connectivity index (χ2n) is 4.46. The standard InChI is InChI=1S/C16H17BrFNO/c1-2-9-19-11-12-5-3-4-6-16(12)20-13-7-8-14(17)15(18)10-13/h3-8,10,19H,2,9,11H2,1H3. The van der Waals surface area contributed by atoms with Gasteiger partial charge in [0.2, 0.25) is 0 Å². The van der Waals surface area contributed by atoms with E-state index in [9.17, 15) is 4.39 Å². The van der Waals surface area contributed by atoms with Crippen molar-refractivity contribution >= 4 is 15.9 Å². The summed E-state index contributed by atoms with van der Waals surface area (Å²) in [6, 6.07) is 12.5. The van der Waals surface area contributed by atoms with E-state index in [0.717, 1.165) is 30.8 Å². The zero-order valence-corrected chi connectivity index (χ0v) is 12.9. The van der Waals surface area contributed by atoms with Crippen LogP contribution in [0.5, 0.6) is 11.5 Å². The summed E-state index contributed by atoms with van der Waals surface area (Å²) in [5.74, 6) is 0.913. The highest BCUT2D eigenvalue weighted by Crippen LogP contribution is 2.28. The molecule has 0 saturated heterocycles. The lowest BCUT2D eigenvalue weighted by Gasteiger charge is -2.12. The molecule has 4 heteroatoms. The van der Waals surface area contributed by atoms with E-state index in [4.69, 9.17) is 4.74 Å². The van der Waals surface area contributed by atoms with Crippen LogP contribution in [0, 0.1) is 5.82 Å². The average molecular weight is 338 g/mol. The Bertz CT molecular complexity index is 574. The van der Waals surface area contributed by atoms with E-state index in [2.05, 4.69) is 28.2 Å². The predicted octanol–water partition coefficient (Wildman–Crippen LogP) is 4.88. The van der Waals surface area contributed by atoms with Gasteiger partial charge in [-0.1, -0.05) is 25.1 Å². The van der Waals surface area contributed by atoms with Crippen molar-refractivity contribution in [2.75, 3.05) is 6.54 Å². The van der Waals surface area contributed by atoms with Crippen molar-refractivity contribution in [3.05, 3.63) is 58.3 Å². The molecule has 106 valence electrons. The second kappa shape index (κ2) is 7.41. The van der Waals surface area contributed by atoms with Gasteiger partial charge >= 0.3 is 0 Å². The highest BCUT2D eigenvalue weighted by molar-refractivity contribution is 9.10. The smallest absolute Gasteiger partial charge is 0.141 e. The van der Waals surface area contributed by atoms with Crippen molar-refractivity contribution in [2.24, 2.45) is 0 Å². The van der Waals surface area contributed by atoms with Crippen LogP contribution in [0.3, 0.4) is 0 Å². The minimum Gasteiger partial charge on any atom is -0.457 e. The van der Waals surface area contributed by atoms with Crippen LogP contribution in [0.4, 0.5) is 4.39 Å². The molecule has 0 aliphatic rings. The molecule has 20 heavy (non-hydrogen) atoms. The largest absolute Gasteiger partial charge is 0.457 e. The number of ether oxygens (including phenoxy) is 1. The fourth-order valence-electron chi connectivity index (χ4n) is 1.82. The van der Waals surface area contributed by atoms with Crippen LogP contribution in [-0.4, -0.2) is 6.54 Å². The maximum atomic E-state index is 13.5. The summed E-state index contributed by atoms with van der Waals surface area (Å²) < 4.78 is 19.7. The molecule has 2 aromatic rings. The quantitative estimate of drug-likeness (QED) is 0.758. The van der Waals surface area contributed by atoms with Crippen molar-refractivity contribution in [2.45, 2.75) is 19.9 Å². The van der Waals surface area contributed by atoms with Crippen LogP contribution >= 0.6 is 15.9 Å². The van der Waals surface area contributed by atoms with Gasteiger partial charge in [0.25, 0.3) is 0 Å². The van der Waals surface area contributed by atoms with Crippen LogP contribution in [0.2, 0.25) is 0 Å². The monoisotopic (exact) mass is 337 g/mol. The molecular formula is C16H17BrFNO. The SMILES string of the molecule is CCCNCc1ccccc1Oc1ccc(Br)c(F)c1. The first-order valence-electron chi connectivity index (χ1n) is 6.62. The number of rotatable bonds is 6.